The smallest absolute Gasteiger partial charge is 0.199 e. The van der Waals surface area contributed by atoms with Crippen molar-refractivity contribution in [1.82, 2.24) is 24.2 Å². The summed E-state index contributed by atoms with van der Waals surface area (Å²) in [5.41, 5.74) is 0.949. The van der Waals surface area contributed by atoms with E-state index in [1.165, 1.54) is 0 Å². The minimum absolute atomic E-state index is 0.602. The number of likely N-dealkylation sites (N-methyl/N-ethyl adjacent to an activating group) is 1. The minimum atomic E-state index is 0.602. The Kier molecular flexibility index (Phi) is 5.57. The highest BCUT2D eigenvalue weighted by atomic mass is 32.1. The molecule has 6 nitrogen and oxygen atoms in total. The number of hydrogen-bond donors (Lipinski definition) is 0. The van der Waals surface area contributed by atoms with Crippen molar-refractivity contribution in [2.24, 2.45) is 7.05 Å². The number of benzene rings is 1. The lowest BCUT2D eigenvalue weighted by Crippen LogP contribution is -2.27. The summed E-state index contributed by atoms with van der Waals surface area (Å²) in [5, 5.41) is 4.64. The molecule has 130 valence electrons. The summed E-state index contributed by atoms with van der Waals surface area (Å²) < 4.78 is 10.1. The fraction of sp³-hybridized carbons (Fsp3) is 0.278. The number of rotatable bonds is 7. The van der Waals surface area contributed by atoms with Gasteiger partial charge in [0.05, 0.1) is 6.67 Å². The van der Waals surface area contributed by atoms with Crippen molar-refractivity contribution in [2.75, 3.05) is 20.2 Å². The molecular formula is C18H21N5OS. The van der Waals surface area contributed by atoms with Crippen molar-refractivity contribution < 1.29 is 4.74 Å². The Morgan fingerprint density at radius 3 is 2.68 bits per heavy atom. The van der Waals surface area contributed by atoms with E-state index in [2.05, 4.69) is 15.0 Å². The molecule has 0 saturated heterocycles. The summed E-state index contributed by atoms with van der Waals surface area (Å²) in [5.74, 6) is 1.69. The Hall–Kier alpha value is -2.51. The zero-order valence-electron chi connectivity index (χ0n) is 14.4. The number of para-hydroxylation sites is 1. The Morgan fingerprint density at radius 2 is 1.96 bits per heavy atom. The first kappa shape index (κ1) is 17.3. The molecule has 25 heavy (non-hydrogen) atoms. The van der Waals surface area contributed by atoms with E-state index in [0.29, 0.717) is 18.0 Å². The molecule has 0 aliphatic carbocycles. The van der Waals surface area contributed by atoms with E-state index >= 15 is 0 Å². The van der Waals surface area contributed by atoms with Crippen molar-refractivity contribution in [2.45, 2.75) is 6.67 Å². The number of aromatic nitrogens is 4. The van der Waals surface area contributed by atoms with Crippen LogP contribution in [0, 0.1) is 4.77 Å². The SMILES string of the molecule is CN(CCOc1ccccc1)Cn1nc(-c2cccnc2)n(C)c1=S. The standard InChI is InChI=1S/C18H21N5OS/c1-21(11-12-24-16-8-4-3-5-9-16)14-23-18(25)22(2)17(20-23)15-7-6-10-19-13-15/h3-10,13H,11-12,14H2,1-2H3. The van der Waals surface area contributed by atoms with E-state index in [0.717, 1.165) is 23.7 Å². The van der Waals surface area contributed by atoms with Gasteiger partial charge in [-0.05, 0) is 43.5 Å². The Bertz CT molecular complexity index is 860. The second-order valence-corrected chi connectivity index (χ2v) is 6.15. The second-order valence-electron chi connectivity index (χ2n) is 5.79. The molecule has 7 heteroatoms. The van der Waals surface area contributed by atoms with Crippen molar-refractivity contribution in [3.63, 3.8) is 0 Å². The van der Waals surface area contributed by atoms with Crippen molar-refractivity contribution >= 4 is 12.2 Å². The zero-order chi connectivity index (χ0) is 17.6. The molecular weight excluding hydrogens is 334 g/mol. The van der Waals surface area contributed by atoms with Crippen LogP contribution >= 0.6 is 12.2 Å². The van der Waals surface area contributed by atoms with Crippen LogP contribution in [0.1, 0.15) is 0 Å². The van der Waals surface area contributed by atoms with Gasteiger partial charge in [0.2, 0.25) is 0 Å². The molecule has 0 N–H and O–H groups in total. The van der Waals surface area contributed by atoms with Gasteiger partial charge in [0.15, 0.2) is 10.6 Å². The van der Waals surface area contributed by atoms with E-state index < -0.39 is 0 Å². The Labute approximate surface area is 152 Å². The molecule has 0 amide bonds. The molecule has 0 aliphatic rings. The van der Waals surface area contributed by atoms with Gasteiger partial charge in [-0.3, -0.25) is 9.88 Å². The highest BCUT2D eigenvalue weighted by Gasteiger charge is 2.11. The summed E-state index contributed by atoms with van der Waals surface area (Å²) in [7, 11) is 3.95. The van der Waals surface area contributed by atoms with Gasteiger partial charge >= 0.3 is 0 Å². The predicted octanol–water partition coefficient (Wildman–Crippen LogP) is 2.98. The van der Waals surface area contributed by atoms with E-state index in [-0.39, 0.29) is 0 Å². The lowest BCUT2D eigenvalue weighted by atomic mass is 10.3. The first-order valence-electron chi connectivity index (χ1n) is 8.06. The maximum atomic E-state index is 5.73. The van der Waals surface area contributed by atoms with Crippen molar-refractivity contribution in [3.8, 4) is 17.1 Å². The average molecular weight is 355 g/mol. The van der Waals surface area contributed by atoms with Crippen LogP contribution in [0.25, 0.3) is 11.4 Å². The molecule has 0 saturated carbocycles. The van der Waals surface area contributed by atoms with Crippen LogP contribution in [0.15, 0.2) is 54.9 Å². The summed E-state index contributed by atoms with van der Waals surface area (Å²) in [6.07, 6.45) is 3.54. The van der Waals surface area contributed by atoms with Crippen molar-refractivity contribution in [3.05, 3.63) is 59.6 Å². The van der Waals surface area contributed by atoms with Crippen LogP contribution in [0.2, 0.25) is 0 Å². The molecule has 2 aromatic heterocycles. The normalized spacial score (nSPS) is 11.0. The fourth-order valence-corrected chi connectivity index (χ4v) is 2.65. The van der Waals surface area contributed by atoms with Gasteiger partial charge in [0.1, 0.15) is 12.4 Å². The Morgan fingerprint density at radius 1 is 1.16 bits per heavy atom. The van der Waals surface area contributed by atoms with Crippen LogP contribution in [0.4, 0.5) is 0 Å². The molecule has 1 aromatic carbocycles. The van der Waals surface area contributed by atoms with Gasteiger partial charge in [-0.25, -0.2) is 4.68 Å². The average Bonchev–Trinajstić information content (AvgIpc) is 2.92. The summed E-state index contributed by atoms with van der Waals surface area (Å²) in [6.45, 7) is 1.98. The van der Waals surface area contributed by atoms with Crippen molar-refractivity contribution in [1.29, 1.82) is 0 Å². The molecule has 3 rings (SSSR count). The molecule has 0 atom stereocenters. The molecule has 2 heterocycles. The van der Waals surface area contributed by atoms with Crippen LogP contribution in [0.5, 0.6) is 5.75 Å². The third-order valence-corrected chi connectivity index (χ3v) is 4.31. The zero-order valence-corrected chi connectivity index (χ0v) is 15.2. The van der Waals surface area contributed by atoms with Crippen LogP contribution < -0.4 is 4.74 Å². The third-order valence-electron chi connectivity index (χ3n) is 3.82. The van der Waals surface area contributed by atoms with E-state index in [4.69, 9.17) is 17.0 Å². The molecule has 0 bridgehead atoms. The van der Waals surface area contributed by atoms with Gasteiger partial charge in [-0.1, -0.05) is 18.2 Å². The van der Waals surface area contributed by atoms with Gasteiger partial charge in [0, 0.05) is 31.5 Å². The van der Waals surface area contributed by atoms with E-state index in [1.54, 1.807) is 12.4 Å². The molecule has 0 spiro atoms. The third kappa shape index (κ3) is 4.32. The Balaban J connectivity index is 1.62. The number of hydrogen-bond acceptors (Lipinski definition) is 5. The predicted molar refractivity (Wildman–Crippen MR) is 99.8 cm³/mol. The molecule has 0 unspecified atom stereocenters. The number of pyridine rings is 1. The topological polar surface area (TPSA) is 48.1 Å². The van der Waals surface area contributed by atoms with Gasteiger partial charge in [0.25, 0.3) is 0 Å². The summed E-state index contributed by atoms with van der Waals surface area (Å²) >= 11 is 5.51. The molecule has 0 radical (unpaired) electrons. The highest BCUT2D eigenvalue weighted by Crippen LogP contribution is 2.15. The van der Waals surface area contributed by atoms with Crippen LogP contribution in [-0.2, 0) is 13.7 Å². The molecule has 3 aromatic rings. The highest BCUT2D eigenvalue weighted by molar-refractivity contribution is 7.71. The van der Waals surface area contributed by atoms with Crippen LogP contribution in [-0.4, -0.2) is 44.4 Å². The summed E-state index contributed by atoms with van der Waals surface area (Å²) in [4.78, 5) is 6.27. The van der Waals surface area contributed by atoms with Gasteiger partial charge in [-0.15, -0.1) is 0 Å². The van der Waals surface area contributed by atoms with Gasteiger partial charge in [-0.2, -0.15) is 5.10 Å². The number of nitrogens with zero attached hydrogens (tertiary/aromatic N) is 5. The first-order valence-corrected chi connectivity index (χ1v) is 8.46. The fourth-order valence-electron chi connectivity index (χ4n) is 2.46. The monoisotopic (exact) mass is 355 g/mol. The first-order chi connectivity index (χ1) is 12.1. The second kappa shape index (κ2) is 8.04. The number of ether oxygens (including phenoxy) is 1. The summed E-state index contributed by atoms with van der Waals surface area (Å²) in [6, 6.07) is 13.7. The maximum absolute atomic E-state index is 5.73. The molecule has 0 aliphatic heterocycles. The van der Waals surface area contributed by atoms with Crippen LogP contribution in [0.3, 0.4) is 0 Å². The molecule has 0 fully saturated rings. The van der Waals surface area contributed by atoms with Gasteiger partial charge < -0.3 is 9.30 Å². The minimum Gasteiger partial charge on any atom is -0.492 e. The maximum Gasteiger partial charge on any atom is 0.199 e. The largest absolute Gasteiger partial charge is 0.492 e. The van der Waals surface area contributed by atoms with E-state index in [1.807, 2.05) is 65.8 Å². The van der Waals surface area contributed by atoms with E-state index in [9.17, 15) is 0 Å². The lowest BCUT2D eigenvalue weighted by Gasteiger charge is -2.16. The lowest BCUT2D eigenvalue weighted by molar-refractivity contribution is 0.198. The quantitative estimate of drug-likeness (QED) is 0.610.